The van der Waals surface area contributed by atoms with Gasteiger partial charge in [-0.05, 0) is 96.8 Å². The van der Waals surface area contributed by atoms with Crippen molar-refractivity contribution in [3.8, 4) is 0 Å². The maximum absolute atomic E-state index is 13.0. The van der Waals surface area contributed by atoms with Gasteiger partial charge in [-0.1, -0.05) is 51.1 Å². The van der Waals surface area contributed by atoms with Gasteiger partial charge in [0.1, 0.15) is 11.8 Å². The first kappa shape index (κ1) is 29.3. The molecule has 0 bridgehead atoms. The minimum absolute atomic E-state index is 0.125. The zero-order valence-electron chi connectivity index (χ0n) is 24.9. The Kier molecular flexibility index (Phi) is 8.48. The second kappa shape index (κ2) is 11.6. The summed E-state index contributed by atoms with van der Waals surface area (Å²) in [5, 5.41) is 14.7. The Labute approximate surface area is 240 Å². The highest BCUT2D eigenvalue weighted by Gasteiger charge is 2.63. The molecule has 0 unspecified atom stereocenters. The van der Waals surface area contributed by atoms with E-state index in [4.69, 9.17) is 4.74 Å². The van der Waals surface area contributed by atoms with Crippen molar-refractivity contribution in [3.63, 3.8) is 0 Å². The van der Waals surface area contributed by atoms with Crippen LogP contribution in [0, 0.1) is 46.3 Å². The molecule has 2 N–H and O–H groups in total. The number of hydrogen-bond acceptors (Lipinski definition) is 5. The van der Waals surface area contributed by atoms with Gasteiger partial charge < -0.3 is 15.2 Å². The molecule has 4 aliphatic rings. The standard InChI is InChI=1S/C34H49NO5/c1-21(10-15-31(38)35-29(32(39)40-4)18-22-8-6-5-7-9-22)26-13-14-27-25-12-11-23-19-24(36)16-17-33(23,2)28(25)20-30(37)34(26,27)3/h5-9,21,23,25-30,37H,10-20H2,1-4H3,(H,35,38)/t21-,23-,25+,26-,27+,28+,29+,30+,33+,34-/m1/s1. The number of ketones is 1. The third-order valence-electron chi connectivity index (χ3n) is 12.3. The Morgan fingerprint density at radius 2 is 1.85 bits per heavy atom. The predicted molar refractivity (Wildman–Crippen MR) is 154 cm³/mol. The minimum atomic E-state index is -0.702. The summed E-state index contributed by atoms with van der Waals surface area (Å²) in [7, 11) is 1.35. The molecule has 0 radical (unpaired) electrons. The maximum Gasteiger partial charge on any atom is 0.328 e. The lowest BCUT2D eigenvalue weighted by molar-refractivity contribution is -0.170. The average molecular weight is 552 g/mol. The molecule has 6 nitrogen and oxygen atoms in total. The quantitative estimate of drug-likeness (QED) is 0.416. The topological polar surface area (TPSA) is 92.7 Å². The van der Waals surface area contributed by atoms with Gasteiger partial charge in [0.25, 0.3) is 0 Å². The monoisotopic (exact) mass is 551 g/mol. The fraction of sp³-hybridized carbons (Fsp3) is 0.735. The molecule has 0 saturated heterocycles. The molecule has 10 atom stereocenters. The van der Waals surface area contributed by atoms with E-state index in [2.05, 4.69) is 26.1 Å². The van der Waals surface area contributed by atoms with Crippen LogP contribution in [-0.2, 0) is 25.5 Å². The Hall–Kier alpha value is -2.21. The number of rotatable bonds is 8. The summed E-state index contributed by atoms with van der Waals surface area (Å²) in [6, 6.07) is 8.97. The van der Waals surface area contributed by atoms with E-state index < -0.39 is 12.0 Å². The van der Waals surface area contributed by atoms with Gasteiger partial charge in [-0.25, -0.2) is 4.79 Å². The van der Waals surface area contributed by atoms with Crippen LogP contribution in [-0.4, -0.2) is 42.0 Å². The number of amides is 1. The number of carbonyl (C=O) groups excluding carboxylic acids is 3. The summed E-state index contributed by atoms with van der Waals surface area (Å²) >= 11 is 0. The molecule has 0 heterocycles. The molecule has 6 heteroatoms. The van der Waals surface area contributed by atoms with Crippen LogP contribution in [0.25, 0.3) is 0 Å². The summed E-state index contributed by atoms with van der Waals surface area (Å²) < 4.78 is 4.97. The lowest BCUT2D eigenvalue weighted by Crippen LogP contribution is -2.58. The molecule has 4 saturated carbocycles. The Morgan fingerprint density at radius 3 is 2.58 bits per heavy atom. The fourth-order valence-corrected chi connectivity index (χ4v) is 9.98. The average Bonchev–Trinajstić information content (AvgIpc) is 3.31. The minimum Gasteiger partial charge on any atom is -0.467 e. The van der Waals surface area contributed by atoms with Gasteiger partial charge in [0, 0.05) is 25.7 Å². The number of carbonyl (C=O) groups is 3. The van der Waals surface area contributed by atoms with Gasteiger partial charge in [-0.3, -0.25) is 9.59 Å². The first-order valence-electron chi connectivity index (χ1n) is 15.7. The van der Waals surface area contributed by atoms with Gasteiger partial charge in [-0.2, -0.15) is 0 Å². The molecule has 4 fully saturated rings. The number of nitrogens with one attached hydrogen (secondary N) is 1. The third-order valence-corrected chi connectivity index (χ3v) is 12.3. The van der Waals surface area contributed by atoms with Crippen molar-refractivity contribution < 1.29 is 24.2 Å². The van der Waals surface area contributed by atoms with Crippen LogP contribution in [0.1, 0.15) is 90.5 Å². The highest BCUT2D eigenvalue weighted by atomic mass is 16.5. The summed E-state index contributed by atoms with van der Waals surface area (Å²) in [6.07, 6.45) is 9.02. The third kappa shape index (κ3) is 5.26. The van der Waals surface area contributed by atoms with Gasteiger partial charge in [0.2, 0.25) is 5.91 Å². The number of fused-ring (bicyclic) bond motifs is 5. The maximum atomic E-state index is 13.0. The smallest absolute Gasteiger partial charge is 0.328 e. The van der Waals surface area contributed by atoms with Crippen LogP contribution in [0.5, 0.6) is 0 Å². The summed E-state index contributed by atoms with van der Waals surface area (Å²) in [6.45, 7) is 7.00. The van der Waals surface area contributed by atoms with Crippen LogP contribution in [0.2, 0.25) is 0 Å². The first-order chi connectivity index (χ1) is 19.1. The van der Waals surface area contributed by atoms with Crippen LogP contribution in [0.3, 0.4) is 0 Å². The van der Waals surface area contributed by atoms with Crippen LogP contribution in [0.4, 0.5) is 0 Å². The number of Topliss-reactive ketones (excluding diaryl/α,β-unsaturated/α-hetero) is 1. The molecule has 40 heavy (non-hydrogen) atoms. The van der Waals surface area contributed by atoms with E-state index >= 15 is 0 Å². The molecule has 5 rings (SSSR count). The van der Waals surface area contributed by atoms with Crippen molar-refractivity contribution >= 4 is 17.7 Å². The lowest BCUT2D eigenvalue weighted by Gasteiger charge is -2.62. The number of hydrogen-bond donors (Lipinski definition) is 2. The van der Waals surface area contributed by atoms with E-state index in [0.29, 0.717) is 60.6 Å². The largest absolute Gasteiger partial charge is 0.467 e. The highest BCUT2D eigenvalue weighted by molar-refractivity contribution is 5.84. The summed E-state index contributed by atoms with van der Waals surface area (Å²) in [5.41, 5.74) is 1.02. The number of ether oxygens (including phenoxy) is 1. The molecule has 4 aliphatic carbocycles. The van der Waals surface area contributed by atoms with Gasteiger partial charge >= 0.3 is 5.97 Å². The van der Waals surface area contributed by atoms with Gasteiger partial charge in [0.05, 0.1) is 13.2 Å². The van der Waals surface area contributed by atoms with Crippen LogP contribution < -0.4 is 5.32 Å². The van der Waals surface area contributed by atoms with Crippen molar-refractivity contribution in [2.45, 2.75) is 104 Å². The molecule has 0 aromatic heterocycles. The lowest BCUT2D eigenvalue weighted by atomic mass is 9.44. The second-order valence-electron chi connectivity index (χ2n) is 14.1. The molecular weight excluding hydrogens is 502 g/mol. The van der Waals surface area contributed by atoms with Crippen molar-refractivity contribution in [2.24, 2.45) is 46.3 Å². The Bertz CT molecular complexity index is 1090. The van der Waals surface area contributed by atoms with Crippen molar-refractivity contribution in [1.82, 2.24) is 5.32 Å². The Morgan fingerprint density at radius 1 is 1.10 bits per heavy atom. The van der Waals surface area contributed by atoms with E-state index in [1.165, 1.54) is 13.5 Å². The second-order valence-corrected chi connectivity index (χ2v) is 14.1. The predicted octanol–water partition coefficient (Wildman–Crippen LogP) is 5.50. The van der Waals surface area contributed by atoms with E-state index in [1.54, 1.807) is 0 Å². The van der Waals surface area contributed by atoms with E-state index in [-0.39, 0.29) is 22.8 Å². The number of benzene rings is 1. The number of methoxy groups -OCH3 is 1. The van der Waals surface area contributed by atoms with Gasteiger partial charge in [-0.15, -0.1) is 0 Å². The number of aliphatic hydroxyl groups excluding tert-OH is 1. The molecule has 0 spiro atoms. The summed E-state index contributed by atoms with van der Waals surface area (Å²) in [4.78, 5) is 37.6. The summed E-state index contributed by atoms with van der Waals surface area (Å²) in [5.74, 6) is 2.68. The SMILES string of the molecule is COC(=O)[C@H](Cc1ccccc1)NC(=O)CC[C@@H](C)[C@H]1CC[C@H]2[C@@H]3CC[C@@H]4CC(=O)CC[C@]4(C)[C@H]3C[C@H](O)[C@]12C. The zero-order chi connectivity index (χ0) is 28.7. The zero-order valence-corrected chi connectivity index (χ0v) is 24.9. The van der Waals surface area contributed by atoms with Gasteiger partial charge in [0.15, 0.2) is 0 Å². The van der Waals surface area contributed by atoms with E-state index in [9.17, 15) is 19.5 Å². The van der Waals surface area contributed by atoms with Crippen molar-refractivity contribution in [2.75, 3.05) is 7.11 Å². The highest BCUT2D eigenvalue weighted by Crippen LogP contribution is 2.68. The van der Waals surface area contributed by atoms with Crippen molar-refractivity contribution in [3.05, 3.63) is 35.9 Å². The fourth-order valence-electron chi connectivity index (χ4n) is 9.98. The molecule has 0 aliphatic heterocycles. The first-order valence-corrected chi connectivity index (χ1v) is 15.7. The Balaban J connectivity index is 1.21. The van der Waals surface area contributed by atoms with Crippen LogP contribution >= 0.6 is 0 Å². The molecule has 220 valence electrons. The molecular formula is C34H49NO5. The van der Waals surface area contributed by atoms with E-state index in [1.807, 2.05) is 30.3 Å². The van der Waals surface area contributed by atoms with Crippen molar-refractivity contribution in [1.29, 1.82) is 0 Å². The molecule has 1 aromatic rings. The van der Waals surface area contributed by atoms with Crippen LogP contribution in [0.15, 0.2) is 30.3 Å². The molecule has 1 aromatic carbocycles. The number of esters is 1. The molecule has 1 amide bonds. The van der Waals surface area contributed by atoms with E-state index in [0.717, 1.165) is 50.5 Å². The number of aliphatic hydroxyl groups is 1. The normalized spacial score (nSPS) is 38.4.